The van der Waals surface area contributed by atoms with Gasteiger partial charge in [0.25, 0.3) is 15.9 Å². The number of nitrogens with one attached hydrogen (secondary N) is 2. The number of hydrogen-bond donors (Lipinski definition) is 2. The van der Waals surface area contributed by atoms with Crippen LogP contribution in [-0.4, -0.2) is 26.4 Å². The Kier molecular flexibility index (Phi) is 5.94. The van der Waals surface area contributed by atoms with E-state index in [0.717, 1.165) is 14.7 Å². The Morgan fingerprint density at radius 2 is 1.81 bits per heavy atom. The molecule has 10 heteroatoms. The zero-order valence-electron chi connectivity index (χ0n) is 16.1. The molecule has 4 rings (SSSR count). The number of thiazole rings is 1. The van der Waals surface area contributed by atoms with Gasteiger partial charge in [-0.2, -0.15) is 0 Å². The predicted octanol–water partition coefficient (Wildman–Crippen LogP) is 5.12. The maximum atomic E-state index is 12.9. The van der Waals surface area contributed by atoms with Gasteiger partial charge in [0, 0.05) is 4.47 Å². The number of ether oxygens (including phenoxy) is 1. The summed E-state index contributed by atoms with van der Waals surface area (Å²) in [6.45, 7) is 0. The average molecular weight is 518 g/mol. The lowest BCUT2D eigenvalue weighted by molar-refractivity contribution is 0.102. The van der Waals surface area contributed by atoms with E-state index >= 15 is 0 Å². The van der Waals surface area contributed by atoms with Crippen LogP contribution < -0.4 is 14.8 Å². The van der Waals surface area contributed by atoms with Gasteiger partial charge in [-0.15, -0.1) is 0 Å². The van der Waals surface area contributed by atoms with Crippen molar-refractivity contribution >= 4 is 64.2 Å². The van der Waals surface area contributed by atoms with E-state index in [-0.39, 0.29) is 16.1 Å². The molecule has 0 unspecified atom stereocenters. The maximum Gasteiger partial charge on any atom is 0.261 e. The monoisotopic (exact) mass is 517 g/mol. The van der Waals surface area contributed by atoms with E-state index in [0.29, 0.717) is 10.9 Å². The van der Waals surface area contributed by atoms with Gasteiger partial charge >= 0.3 is 0 Å². The van der Waals surface area contributed by atoms with Crippen LogP contribution in [0.25, 0.3) is 10.2 Å². The summed E-state index contributed by atoms with van der Waals surface area (Å²) in [6, 6.07) is 18.0. The van der Waals surface area contributed by atoms with E-state index in [9.17, 15) is 13.2 Å². The summed E-state index contributed by atoms with van der Waals surface area (Å²) in [5.74, 6) is 0.0766. The third kappa shape index (κ3) is 4.71. The first kappa shape index (κ1) is 21.3. The average Bonchev–Trinajstić information content (AvgIpc) is 3.15. The van der Waals surface area contributed by atoms with Gasteiger partial charge < -0.3 is 4.74 Å². The van der Waals surface area contributed by atoms with Gasteiger partial charge in [-0.25, -0.2) is 13.4 Å². The Labute approximate surface area is 191 Å². The van der Waals surface area contributed by atoms with E-state index in [1.807, 2.05) is 18.2 Å². The predicted molar refractivity (Wildman–Crippen MR) is 126 cm³/mol. The number of benzene rings is 3. The fourth-order valence-electron chi connectivity index (χ4n) is 2.85. The molecule has 31 heavy (non-hydrogen) atoms. The summed E-state index contributed by atoms with van der Waals surface area (Å²) in [5, 5.41) is 3.17. The first-order chi connectivity index (χ1) is 14.9. The molecule has 0 spiro atoms. The van der Waals surface area contributed by atoms with Crippen molar-refractivity contribution in [3.8, 4) is 5.75 Å². The molecule has 2 N–H and O–H groups in total. The minimum atomic E-state index is -3.90. The van der Waals surface area contributed by atoms with Gasteiger partial charge in [-0.3, -0.25) is 14.8 Å². The molecule has 0 aliphatic heterocycles. The molecule has 0 aliphatic rings. The highest BCUT2D eigenvalue weighted by molar-refractivity contribution is 9.10. The Balaban J connectivity index is 1.59. The Hall–Kier alpha value is -2.95. The number of hydrogen-bond acceptors (Lipinski definition) is 6. The molecule has 4 aromatic rings. The molecule has 0 fully saturated rings. The second-order valence-electron chi connectivity index (χ2n) is 6.41. The molecule has 0 atom stereocenters. The third-order valence-electron chi connectivity index (χ3n) is 4.36. The highest BCUT2D eigenvalue weighted by atomic mass is 79.9. The van der Waals surface area contributed by atoms with Crippen molar-refractivity contribution in [3.05, 3.63) is 76.8 Å². The zero-order chi connectivity index (χ0) is 22.0. The van der Waals surface area contributed by atoms with Crippen molar-refractivity contribution in [1.82, 2.24) is 4.98 Å². The lowest BCUT2D eigenvalue weighted by Gasteiger charge is -2.12. The van der Waals surface area contributed by atoms with Gasteiger partial charge in [0.15, 0.2) is 5.13 Å². The first-order valence-corrected chi connectivity index (χ1v) is 12.1. The highest BCUT2D eigenvalue weighted by Gasteiger charge is 2.19. The van der Waals surface area contributed by atoms with Crippen LogP contribution in [0.3, 0.4) is 0 Å². The fraction of sp³-hybridized carbons (Fsp3) is 0.0476. The van der Waals surface area contributed by atoms with Crippen molar-refractivity contribution in [2.75, 3.05) is 17.1 Å². The quantitative estimate of drug-likeness (QED) is 0.369. The number of anilines is 2. The number of para-hydroxylation sites is 1. The van der Waals surface area contributed by atoms with Gasteiger partial charge in [0.2, 0.25) is 0 Å². The second-order valence-corrected chi connectivity index (χ2v) is 10.0. The van der Waals surface area contributed by atoms with Crippen LogP contribution in [0.1, 0.15) is 10.4 Å². The maximum absolute atomic E-state index is 12.9. The number of fused-ring (bicyclic) bond motifs is 1. The normalized spacial score (nSPS) is 11.3. The van der Waals surface area contributed by atoms with E-state index in [4.69, 9.17) is 4.74 Å². The first-order valence-electron chi connectivity index (χ1n) is 8.99. The Bertz CT molecular complexity index is 1370. The van der Waals surface area contributed by atoms with Crippen molar-refractivity contribution < 1.29 is 17.9 Å². The SMILES string of the molecule is COc1ccc(S(=O)(=O)Nc2ccccc2C(=O)Nc2nc3ccc(Br)cc3s2)cc1. The van der Waals surface area contributed by atoms with Gasteiger partial charge in [-0.05, 0) is 54.6 Å². The molecule has 1 heterocycles. The summed E-state index contributed by atoms with van der Waals surface area (Å²) < 4.78 is 35.0. The number of rotatable bonds is 6. The topological polar surface area (TPSA) is 97.4 Å². The summed E-state index contributed by atoms with van der Waals surface area (Å²) in [5.41, 5.74) is 1.11. The molecule has 0 bridgehead atoms. The molecule has 3 aromatic carbocycles. The number of aromatic nitrogens is 1. The highest BCUT2D eigenvalue weighted by Crippen LogP contribution is 2.29. The van der Waals surface area contributed by atoms with E-state index in [1.54, 1.807) is 30.3 Å². The Morgan fingerprint density at radius 3 is 2.55 bits per heavy atom. The van der Waals surface area contributed by atoms with E-state index < -0.39 is 15.9 Å². The van der Waals surface area contributed by atoms with Gasteiger partial charge in [0.1, 0.15) is 5.75 Å². The van der Waals surface area contributed by atoms with Crippen LogP contribution in [0.5, 0.6) is 5.75 Å². The lowest BCUT2D eigenvalue weighted by Crippen LogP contribution is -2.18. The van der Waals surface area contributed by atoms with Crippen LogP contribution in [0.15, 0.2) is 76.1 Å². The molecular weight excluding hydrogens is 502 g/mol. The van der Waals surface area contributed by atoms with Crippen molar-refractivity contribution in [1.29, 1.82) is 0 Å². The third-order valence-corrected chi connectivity index (χ3v) is 7.16. The molecule has 7 nitrogen and oxygen atoms in total. The number of methoxy groups -OCH3 is 1. The standard InChI is InChI=1S/C21H16BrN3O4S2/c1-29-14-7-9-15(10-8-14)31(27,28)25-17-5-3-2-4-16(17)20(26)24-21-23-18-11-6-13(22)12-19(18)30-21/h2-12,25H,1H3,(H,23,24,26). The second kappa shape index (κ2) is 8.66. The number of sulfonamides is 1. The van der Waals surface area contributed by atoms with E-state index in [2.05, 4.69) is 31.0 Å². The van der Waals surface area contributed by atoms with Crippen LogP contribution in [-0.2, 0) is 10.0 Å². The van der Waals surface area contributed by atoms with Gasteiger partial charge in [-0.1, -0.05) is 39.4 Å². The van der Waals surface area contributed by atoms with Gasteiger partial charge in [0.05, 0.1) is 33.5 Å². The molecule has 0 saturated carbocycles. The molecule has 158 valence electrons. The molecule has 0 saturated heterocycles. The molecule has 0 radical (unpaired) electrons. The largest absolute Gasteiger partial charge is 0.497 e. The number of carbonyl (C=O) groups is 1. The lowest BCUT2D eigenvalue weighted by atomic mass is 10.2. The van der Waals surface area contributed by atoms with Crippen LogP contribution in [0.4, 0.5) is 10.8 Å². The number of carbonyl (C=O) groups excluding carboxylic acids is 1. The summed E-state index contributed by atoms with van der Waals surface area (Å²) in [7, 11) is -2.40. The van der Waals surface area contributed by atoms with Crippen molar-refractivity contribution in [2.24, 2.45) is 0 Å². The smallest absolute Gasteiger partial charge is 0.261 e. The summed E-state index contributed by atoms with van der Waals surface area (Å²) in [6.07, 6.45) is 0. The van der Waals surface area contributed by atoms with Crippen molar-refractivity contribution in [2.45, 2.75) is 4.90 Å². The van der Waals surface area contributed by atoms with Crippen molar-refractivity contribution in [3.63, 3.8) is 0 Å². The van der Waals surface area contributed by atoms with Crippen LogP contribution in [0, 0.1) is 0 Å². The number of nitrogens with zero attached hydrogens (tertiary/aromatic N) is 1. The minimum absolute atomic E-state index is 0.0558. The Morgan fingerprint density at radius 1 is 1.06 bits per heavy atom. The minimum Gasteiger partial charge on any atom is -0.497 e. The fourth-order valence-corrected chi connectivity index (χ4v) is 5.34. The van der Waals surface area contributed by atoms with Crippen LogP contribution >= 0.6 is 27.3 Å². The van der Waals surface area contributed by atoms with E-state index in [1.165, 1.54) is 36.6 Å². The molecule has 1 amide bonds. The zero-order valence-corrected chi connectivity index (χ0v) is 19.3. The summed E-state index contributed by atoms with van der Waals surface area (Å²) >= 11 is 4.74. The van der Waals surface area contributed by atoms with Crippen LogP contribution in [0.2, 0.25) is 0 Å². The molecule has 0 aliphatic carbocycles. The number of amides is 1. The molecule has 1 aromatic heterocycles. The summed E-state index contributed by atoms with van der Waals surface area (Å²) in [4.78, 5) is 17.3. The molecular formula is C21H16BrN3O4S2. The number of halogens is 1.